The second kappa shape index (κ2) is 8.22. The van der Waals surface area contributed by atoms with Crippen LogP contribution < -0.4 is 10.6 Å². The predicted molar refractivity (Wildman–Crippen MR) is 107 cm³/mol. The zero-order chi connectivity index (χ0) is 20.3. The minimum absolute atomic E-state index is 0.0300. The molecule has 1 heterocycles. The predicted octanol–water partition coefficient (Wildman–Crippen LogP) is 2.64. The fourth-order valence-corrected chi connectivity index (χ4v) is 3.42. The first kappa shape index (κ1) is 19.6. The van der Waals surface area contributed by atoms with Gasteiger partial charge in [0.2, 0.25) is 11.8 Å². The van der Waals surface area contributed by atoms with Gasteiger partial charge in [-0.15, -0.1) is 5.10 Å². The number of anilines is 1. The molecule has 3 N–H and O–H groups in total. The standard InChI is InChI=1S/C19H17FN4O3S/c1-11(12-2-8-15(25)9-3-12)22-23-19(21)28-16-10-17(26)24(18(16)27)14-6-4-13(20)5-7-14/h2-9,16,25H,10H2,1H3,(H2,21,23)/b22-11-/t16-/m1/s1. The average molecular weight is 400 g/mol. The van der Waals surface area contributed by atoms with Crippen molar-refractivity contribution in [1.82, 2.24) is 0 Å². The van der Waals surface area contributed by atoms with Crippen molar-refractivity contribution in [1.29, 1.82) is 0 Å². The summed E-state index contributed by atoms with van der Waals surface area (Å²) in [6.07, 6.45) is -0.0300. The van der Waals surface area contributed by atoms with Crippen LogP contribution in [-0.4, -0.2) is 33.1 Å². The maximum Gasteiger partial charge on any atom is 0.247 e. The van der Waals surface area contributed by atoms with E-state index < -0.39 is 17.0 Å². The molecule has 0 spiro atoms. The van der Waals surface area contributed by atoms with Crippen LogP contribution in [0.25, 0.3) is 0 Å². The van der Waals surface area contributed by atoms with Crippen LogP contribution in [0.5, 0.6) is 5.75 Å². The molecule has 3 rings (SSSR count). The van der Waals surface area contributed by atoms with Gasteiger partial charge in [0, 0.05) is 6.42 Å². The third kappa shape index (κ3) is 4.37. The molecule has 0 unspecified atom stereocenters. The van der Waals surface area contributed by atoms with E-state index in [2.05, 4.69) is 10.2 Å². The van der Waals surface area contributed by atoms with Crippen LogP contribution in [0.4, 0.5) is 10.1 Å². The van der Waals surface area contributed by atoms with Gasteiger partial charge in [0.15, 0.2) is 5.17 Å². The number of halogens is 1. The Morgan fingerprint density at radius 3 is 2.43 bits per heavy atom. The molecule has 1 atom stereocenters. The van der Waals surface area contributed by atoms with Crippen molar-refractivity contribution in [2.24, 2.45) is 15.9 Å². The molecule has 0 saturated carbocycles. The van der Waals surface area contributed by atoms with Gasteiger partial charge >= 0.3 is 0 Å². The molecular formula is C19H17FN4O3S. The maximum atomic E-state index is 13.1. The molecule has 9 heteroatoms. The molecular weight excluding hydrogens is 383 g/mol. The van der Waals surface area contributed by atoms with E-state index in [1.54, 1.807) is 19.1 Å². The number of thioether (sulfide) groups is 1. The van der Waals surface area contributed by atoms with E-state index in [0.717, 1.165) is 22.2 Å². The molecule has 7 nitrogen and oxygen atoms in total. The highest BCUT2D eigenvalue weighted by Gasteiger charge is 2.40. The van der Waals surface area contributed by atoms with Crippen molar-refractivity contribution in [3.8, 4) is 5.75 Å². The third-order valence-corrected chi connectivity index (χ3v) is 5.01. The number of rotatable bonds is 4. The van der Waals surface area contributed by atoms with Gasteiger partial charge in [-0.1, -0.05) is 11.8 Å². The van der Waals surface area contributed by atoms with Crippen molar-refractivity contribution in [2.45, 2.75) is 18.6 Å². The zero-order valence-corrected chi connectivity index (χ0v) is 15.7. The number of phenolic OH excluding ortho intramolecular Hbond substituents is 1. The molecule has 0 aliphatic carbocycles. The number of benzene rings is 2. The molecule has 0 aromatic heterocycles. The first-order valence-corrected chi connectivity index (χ1v) is 9.19. The minimum Gasteiger partial charge on any atom is -0.508 e. The van der Waals surface area contributed by atoms with Gasteiger partial charge in [0.05, 0.1) is 11.4 Å². The Balaban J connectivity index is 1.69. The highest BCUT2D eigenvalue weighted by Crippen LogP contribution is 2.29. The molecule has 28 heavy (non-hydrogen) atoms. The Morgan fingerprint density at radius 1 is 1.14 bits per heavy atom. The van der Waals surface area contributed by atoms with Gasteiger partial charge in [-0.25, -0.2) is 9.29 Å². The first-order valence-electron chi connectivity index (χ1n) is 8.31. The number of amides is 2. The molecule has 2 aromatic rings. The van der Waals surface area contributed by atoms with Gasteiger partial charge in [0.1, 0.15) is 16.8 Å². The van der Waals surface area contributed by atoms with E-state index in [1.807, 2.05) is 0 Å². The summed E-state index contributed by atoms with van der Waals surface area (Å²) in [5.41, 5.74) is 7.50. The van der Waals surface area contributed by atoms with Crippen molar-refractivity contribution in [3.05, 3.63) is 59.9 Å². The van der Waals surface area contributed by atoms with Crippen LogP contribution >= 0.6 is 11.8 Å². The molecule has 144 valence electrons. The number of hydrogen-bond donors (Lipinski definition) is 2. The summed E-state index contributed by atoms with van der Waals surface area (Å²) < 4.78 is 13.1. The Bertz CT molecular complexity index is 958. The first-order chi connectivity index (χ1) is 13.3. The van der Waals surface area contributed by atoms with Crippen LogP contribution in [0.3, 0.4) is 0 Å². The summed E-state index contributed by atoms with van der Waals surface area (Å²) in [7, 11) is 0. The quantitative estimate of drug-likeness (QED) is 0.355. The number of amidine groups is 1. The Kier molecular flexibility index (Phi) is 5.74. The highest BCUT2D eigenvalue weighted by molar-refractivity contribution is 8.14. The third-order valence-electron chi connectivity index (χ3n) is 4.04. The van der Waals surface area contributed by atoms with E-state index in [9.17, 15) is 19.1 Å². The minimum atomic E-state index is -0.717. The van der Waals surface area contributed by atoms with Crippen LogP contribution in [-0.2, 0) is 9.59 Å². The van der Waals surface area contributed by atoms with Gasteiger partial charge in [-0.3, -0.25) is 9.59 Å². The van der Waals surface area contributed by atoms with Crippen LogP contribution in [0.2, 0.25) is 0 Å². The molecule has 1 saturated heterocycles. The molecule has 1 aliphatic rings. The number of hydrogen-bond acceptors (Lipinski definition) is 6. The smallest absolute Gasteiger partial charge is 0.247 e. The summed E-state index contributed by atoms with van der Waals surface area (Å²) in [6.45, 7) is 1.73. The van der Waals surface area contributed by atoms with E-state index in [1.165, 1.54) is 36.4 Å². The Morgan fingerprint density at radius 2 is 1.79 bits per heavy atom. The van der Waals surface area contributed by atoms with Crippen LogP contribution in [0, 0.1) is 5.82 Å². The van der Waals surface area contributed by atoms with Gasteiger partial charge < -0.3 is 10.8 Å². The summed E-state index contributed by atoms with van der Waals surface area (Å²) in [6, 6.07) is 11.6. The number of nitrogens with two attached hydrogens (primary N) is 1. The van der Waals surface area contributed by atoms with Crippen molar-refractivity contribution in [2.75, 3.05) is 4.90 Å². The number of phenols is 1. The number of carbonyl (C=O) groups is 2. The SMILES string of the molecule is C/C(=N/N=C(N)S[C@@H]1CC(=O)N(c2ccc(F)cc2)C1=O)c1ccc(O)cc1. The molecule has 0 radical (unpaired) electrons. The maximum absolute atomic E-state index is 13.1. The number of aromatic hydroxyl groups is 1. The number of carbonyl (C=O) groups excluding carboxylic acids is 2. The van der Waals surface area contributed by atoms with E-state index in [0.29, 0.717) is 11.4 Å². The van der Waals surface area contributed by atoms with E-state index in [4.69, 9.17) is 5.73 Å². The molecule has 1 fully saturated rings. The van der Waals surface area contributed by atoms with Gasteiger partial charge in [-0.2, -0.15) is 5.10 Å². The van der Waals surface area contributed by atoms with Crippen LogP contribution in [0.1, 0.15) is 18.9 Å². The summed E-state index contributed by atoms with van der Waals surface area (Å²) in [4.78, 5) is 25.8. The topological polar surface area (TPSA) is 108 Å². The molecule has 0 bridgehead atoms. The Labute approximate surface area is 164 Å². The van der Waals surface area contributed by atoms with Crippen molar-refractivity contribution in [3.63, 3.8) is 0 Å². The number of nitrogens with zero attached hydrogens (tertiary/aromatic N) is 3. The van der Waals surface area contributed by atoms with Crippen LogP contribution in [0.15, 0.2) is 58.7 Å². The lowest BCUT2D eigenvalue weighted by Crippen LogP contribution is -2.31. The summed E-state index contributed by atoms with van der Waals surface area (Å²) in [5, 5.41) is 16.6. The summed E-state index contributed by atoms with van der Waals surface area (Å²) >= 11 is 0.955. The average Bonchev–Trinajstić information content (AvgIpc) is 2.94. The molecule has 2 aromatic carbocycles. The molecule has 2 amide bonds. The highest BCUT2D eigenvalue weighted by atomic mass is 32.2. The second-order valence-corrected chi connectivity index (χ2v) is 7.25. The van der Waals surface area contributed by atoms with E-state index in [-0.39, 0.29) is 23.2 Å². The van der Waals surface area contributed by atoms with E-state index >= 15 is 0 Å². The van der Waals surface area contributed by atoms with Crippen molar-refractivity contribution >= 4 is 40.1 Å². The van der Waals surface area contributed by atoms with Crippen molar-refractivity contribution < 1.29 is 19.1 Å². The second-order valence-electron chi connectivity index (χ2n) is 6.02. The number of imide groups is 1. The fourth-order valence-electron chi connectivity index (χ4n) is 2.61. The van der Waals surface area contributed by atoms with Gasteiger partial charge in [0.25, 0.3) is 0 Å². The zero-order valence-electron chi connectivity index (χ0n) is 14.9. The molecule has 1 aliphatic heterocycles. The monoisotopic (exact) mass is 400 g/mol. The lowest BCUT2D eigenvalue weighted by atomic mass is 10.1. The van der Waals surface area contributed by atoms with Gasteiger partial charge in [-0.05, 0) is 61.0 Å². The lowest BCUT2D eigenvalue weighted by Gasteiger charge is -2.14. The normalized spacial score (nSPS) is 18.1. The Hall–Kier alpha value is -3.20. The lowest BCUT2D eigenvalue weighted by molar-refractivity contribution is -0.121. The summed E-state index contributed by atoms with van der Waals surface area (Å²) in [5.74, 6) is -1.12. The largest absolute Gasteiger partial charge is 0.508 e. The fraction of sp³-hybridized carbons (Fsp3) is 0.158.